The number of rotatable bonds is 6. The van der Waals surface area contributed by atoms with Crippen molar-refractivity contribution in [3.63, 3.8) is 0 Å². The van der Waals surface area contributed by atoms with Gasteiger partial charge in [-0.15, -0.1) is 0 Å². The van der Waals surface area contributed by atoms with Crippen LogP contribution in [-0.4, -0.2) is 23.3 Å². The molecule has 0 amide bonds. The number of hydrogen-bond donors (Lipinski definition) is 2. The molecule has 0 aliphatic carbocycles. The molecule has 4 nitrogen and oxygen atoms in total. The molecule has 0 aliphatic rings. The molecule has 6 heteroatoms. The summed E-state index contributed by atoms with van der Waals surface area (Å²) in [6, 6.07) is 16.6. The standard InChI is InChI=1S/C19H24N4S2/c1-3-22(18(20)24)16-9-5-14(6-10-16)13-15-7-11-17(12-8-15)23(4-2)19(21)25/h5-12H,3-4,13H2,1-2H3,(H2,20,24)(H2,21,25). The zero-order valence-corrected chi connectivity index (χ0v) is 16.2. The molecule has 2 aromatic carbocycles. The van der Waals surface area contributed by atoms with Gasteiger partial charge in [-0.05, 0) is 80.1 Å². The van der Waals surface area contributed by atoms with E-state index in [1.54, 1.807) is 0 Å². The zero-order chi connectivity index (χ0) is 18.4. The van der Waals surface area contributed by atoms with Crippen LogP contribution in [0.3, 0.4) is 0 Å². The van der Waals surface area contributed by atoms with Crippen LogP contribution in [0.2, 0.25) is 0 Å². The van der Waals surface area contributed by atoms with Gasteiger partial charge in [0.2, 0.25) is 0 Å². The molecule has 2 rings (SSSR count). The van der Waals surface area contributed by atoms with Crippen LogP contribution in [0.1, 0.15) is 25.0 Å². The predicted octanol–water partition coefficient (Wildman–Crippen LogP) is 3.42. The molecule has 0 fully saturated rings. The van der Waals surface area contributed by atoms with Gasteiger partial charge in [-0.2, -0.15) is 0 Å². The molecule has 132 valence electrons. The van der Waals surface area contributed by atoms with Gasteiger partial charge in [0.15, 0.2) is 10.2 Å². The molecule has 25 heavy (non-hydrogen) atoms. The molecule has 0 aliphatic heterocycles. The fraction of sp³-hybridized carbons (Fsp3) is 0.263. The fourth-order valence-corrected chi connectivity index (χ4v) is 3.22. The fourth-order valence-electron chi connectivity index (χ4n) is 2.75. The van der Waals surface area contributed by atoms with E-state index in [4.69, 9.17) is 35.9 Å². The van der Waals surface area contributed by atoms with Crippen molar-refractivity contribution in [1.29, 1.82) is 0 Å². The van der Waals surface area contributed by atoms with Crippen LogP contribution >= 0.6 is 24.4 Å². The highest BCUT2D eigenvalue weighted by molar-refractivity contribution is 7.80. The van der Waals surface area contributed by atoms with E-state index in [9.17, 15) is 0 Å². The third-order valence-corrected chi connectivity index (χ3v) is 4.51. The van der Waals surface area contributed by atoms with E-state index >= 15 is 0 Å². The van der Waals surface area contributed by atoms with Gasteiger partial charge in [-0.25, -0.2) is 0 Å². The van der Waals surface area contributed by atoms with Crippen LogP contribution in [0.4, 0.5) is 11.4 Å². The Bertz CT molecular complexity index is 663. The molecule has 0 aromatic heterocycles. The molecule has 0 bridgehead atoms. The summed E-state index contributed by atoms with van der Waals surface area (Å²) >= 11 is 10.2. The van der Waals surface area contributed by atoms with E-state index in [1.165, 1.54) is 11.1 Å². The quantitative estimate of drug-likeness (QED) is 0.758. The van der Waals surface area contributed by atoms with E-state index in [-0.39, 0.29) is 0 Å². The average molecular weight is 373 g/mol. The molecule has 0 radical (unpaired) electrons. The lowest BCUT2D eigenvalue weighted by Crippen LogP contribution is -2.35. The Kier molecular flexibility index (Phi) is 6.73. The van der Waals surface area contributed by atoms with Crippen molar-refractivity contribution >= 4 is 46.0 Å². The summed E-state index contributed by atoms with van der Waals surface area (Å²) in [7, 11) is 0. The molecule has 0 atom stereocenters. The molecule has 2 aromatic rings. The van der Waals surface area contributed by atoms with Crippen molar-refractivity contribution in [3.8, 4) is 0 Å². The third kappa shape index (κ3) is 4.90. The maximum absolute atomic E-state index is 5.75. The first-order valence-electron chi connectivity index (χ1n) is 8.28. The Balaban J connectivity index is 2.09. The van der Waals surface area contributed by atoms with E-state index in [0.717, 1.165) is 30.9 Å². The molecule has 0 unspecified atom stereocenters. The Labute approximate surface area is 160 Å². The number of nitrogens with zero attached hydrogens (tertiary/aromatic N) is 2. The first kappa shape index (κ1) is 19.1. The smallest absolute Gasteiger partial charge is 0.170 e. The highest BCUT2D eigenvalue weighted by atomic mass is 32.1. The minimum Gasteiger partial charge on any atom is -0.376 e. The van der Waals surface area contributed by atoms with Crippen LogP contribution in [0.25, 0.3) is 0 Å². The number of hydrogen-bond acceptors (Lipinski definition) is 2. The lowest BCUT2D eigenvalue weighted by atomic mass is 10.0. The third-order valence-electron chi connectivity index (χ3n) is 4.07. The lowest BCUT2D eigenvalue weighted by molar-refractivity contribution is 1.05. The SMILES string of the molecule is CCN(C(N)=S)c1ccc(Cc2ccc(N(CC)C(N)=S)cc2)cc1. The summed E-state index contributed by atoms with van der Waals surface area (Å²) in [5.41, 5.74) is 16.0. The highest BCUT2D eigenvalue weighted by Crippen LogP contribution is 2.20. The van der Waals surface area contributed by atoms with Gasteiger partial charge < -0.3 is 21.3 Å². The summed E-state index contributed by atoms with van der Waals surface area (Å²) in [6.07, 6.45) is 0.860. The van der Waals surface area contributed by atoms with Gasteiger partial charge in [0.25, 0.3) is 0 Å². The predicted molar refractivity (Wildman–Crippen MR) is 115 cm³/mol. The molecular formula is C19H24N4S2. The van der Waals surface area contributed by atoms with Gasteiger partial charge in [0.05, 0.1) is 0 Å². The van der Waals surface area contributed by atoms with Crippen molar-refractivity contribution in [3.05, 3.63) is 59.7 Å². The van der Waals surface area contributed by atoms with Gasteiger partial charge in [0, 0.05) is 24.5 Å². The molecule has 0 heterocycles. The monoisotopic (exact) mass is 372 g/mol. The van der Waals surface area contributed by atoms with E-state index in [1.807, 2.05) is 23.6 Å². The number of nitrogens with two attached hydrogens (primary N) is 2. The summed E-state index contributed by atoms with van der Waals surface area (Å²) in [5, 5.41) is 0.785. The summed E-state index contributed by atoms with van der Waals surface area (Å²) in [5.74, 6) is 0. The van der Waals surface area contributed by atoms with Gasteiger partial charge in [-0.3, -0.25) is 0 Å². The topological polar surface area (TPSA) is 58.5 Å². The normalized spacial score (nSPS) is 10.3. The van der Waals surface area contributed by atoms with Gasteiger partial charge >= 0.3 is 0 Å². The maximum Gasteiger partial charge on any atom is 0.170 e. The molecule has 0 saturated carbocycles. The van der Waals surface area contributed by atoms with Crippen LogP contribution in [0.15, 0.2) is 48.5 Å². The lowest BCUT2D eigenvalue weighted by Gasteiger charge is -2.21. The molecule has 4 N–H and O–H groups in total. The Morgan fingerprint density at radius 1 is 0.720 bits per heavy atom. The van der Waals surface area contributed by atoms with Crippen LogP contribution in [0, 0.1) is 0 Å². The van der Waals surface area contributed by atoms with Crippen molar-refractivity contribution in [2.24, 2.45) is 11.5 Å². The second kappa shape index (κ2) is 8.78. The Morgan fingerprint density at radius 3 is 1.28 bits per heavy atom. The summed E-state index contributed by atoms with van der Waals surface area (Å²) < 4.78 is 0. The number of anilines is 2. The minimum atomic E-state index is 0.393. The molecule has 0 saturated heterocycles. The Morgan fingerprint density at radius 2 is 1.04 bits per heavy atom. The van der Waals surface area contributed by atoms with Crippen LogP contribution in [0.5, 0.6) is 0 Å². The molecule has 0 spiro atoms. The van der Waals surface area contributed by atoms with Crippen LogP contribution in [-0.2, 0) is 6.42 Å². The first-order chi connectivity index (χ1) is 12.0. The van der Waals surface area contributed by atoms with E-state index in [2.05, 4.69) is 48.5 Å². The average Bonchev–Trinajstić information content (AvgIpc) is 2.58. The Hall–Kier alpha value is -2.18. The van der Waals surface area contributed by atoms with Gasteiger partial charge in [0.1, 0.15) is 0 Å². The zero-order valence-electron chi connectivity index (χ0n) is 14.6. The van der Waals surface area contributed by atoms with E-state index in [0.29, 0.717) is 10.2 Å². The number of thiocarbonyl (C=S) groups is 2. The maximum atomic E-state index is 5.75. The highest BCUT2D eigenvalue weighted by Gasteiger charge is 2.08. The summed E-state index contributed by atoms with van der Waals surface area (Å²) in [6.45, 7) is 5.57. The van der Waals surface area contributed by atoms with Crippen molar-refractivity contribution in [2.45, 2.75) is 20.3 Å². The first-order valence-corrected chi connectivity index (χ1v) is 9.09. The van der Waals surface area contributed by atoms with Crippen molar-refractivity contribution < 1.29 is 0 Å². The minimum absolute atomic E-state index is 0.393. The summed E-state index contributed by atoms with van der Waals surface area (Å²) in [4.78, 5) is 3.81. The van der Waals surface area contributed by atoms with Crippen molar-refractivity contribution in [2.75, 3.05) is 22.9 Å². The van der Waals surface area contributed by atoms with Crippen LogP contribution < -0.4 is 21.3 Å². The second-order valence-corrected chi connectivity index (χ2v) is 6.51. The second-order valence-electron chi connectivity index (χ2n) is 5.67. The van der Waals surface area contributed by atoms with Gasteiger partial charge in [-0.1, -0.05) is 24.3 Å². The van der Waals surface area contributed by atoms with Crippen molar-refractivity contribution in [1.82, 2.24) is 0 Å². The number of benzene rings is 2. The largest absolute Gasteiger partial charge is 0.376 e. The van der Waals surface area contributed by atoms with E-state index < -0.39 is 0 Å². The molecular weight excluding hydrogens is 348 g/mol.